The fourth-order valence-electron chi connectivity index (χ4n) is 3.35. The minimum Gasteiger partial charge on any atom is -0.350 e. The Labute approximate surface area is 150 Å². The van der Waals surface area contributed by atoms with Crippen LogP contribution in [0.4, 0.5) is 23.8 Å². The number of hydrogen-bond acceptors (Lipinski definition) is 4. The van der Waals surface area contributed by atoms with Crippen molar-refractivity contribution in [2.24, 2.45) is 0 Å². The van der Waals surface area contributed by atoms with E-state index in [0.717, 1.165) is 25.2 Å². The highest BCUT2D eigenvalue weighted by Gasteiger charge is 2.39. The van der Waals surface area contributed by atoms with E-state index in [0.29, 0.717) is 31.7 Å². The lowest BCUT2D eigenvalue weighted by Crippen LogP contribution is -2.51. The maximum Gasteiger partial charge on any atom is 0.433 e. The number of nitrogens with zero attached hydrogens (tertiary/aromatic N) is 4. The molecule has 2 amide bonds. The Morgan fingerprint density at radius 1 is 1.19 bits per heavy atom. The van der Waals surface area contributed by atoms with Crippen LogP contribution in [0, 0.1) is 0 Å². The molecule has 2 heterocycles. The molecular weight excluding hydrogens is 347 g/mol. The molecule has 6 nitrogen and oxygen atoms in total. The highest BCUT2D eigenvalue weighted by atomic mass is 19.4. The zero-order chi connectivity index (χ0) is 18.9. The Morgan fingerprint density at radius 2 is 1.81 bits per heavy atom. The fourth-order valence-corrected chi connectivity index (χ4v) is 3.35. The number of carbonyl (C=O) groups excluding carboxylic acids is 1. The summed E-state index contributed by atoms with van der Waals surface area (Å²) >= 11 is 0. The first kappa shape index (κ1) is 18.7. The summed E-state index contributed by atoms with van der Waals surface area (Å²) in [6.45, 7) is 4.99. The van der Waals surface area contributed by atoms with Crippen molar-refractivity contribution >= 4 is 11.8 Å². The van der Waals surface area contributed by atoms with Gasteiger partial charge in [0, 0.05) is 37.3 Å². The number of carbonyl (C=O) groups is 1. The maximum atomic E-state index is 13.0. The number of amides is 2. The van der Waals surface area contributed by atoms with Crippen molar-refractivity contribution in [3.8, 4) is 0 Å². The molecule has 1 aliphatic heterocycles. The highest BCUT2D eigenvalue weighted by molar-refractivity contribution is 5.74. The van der Waals surface area contributed by atoms with Crippen LogP contribution in [0.15, 0.2) is 12.4 Å². The molecule has 0 unspecified atom stereocenters. The van der Waals surface area contributed by atoms with Gasteiger partial charge in [-0.2, -0.15) is 13.2 Å². The van der Waals surface area contributed by atoms with Crippen molar-refractivity contribution in [3.63, 3.8) is 0 Å². The van der Waals surface area contributed by atoms with Gasteiger partial charge in [0.1, 0.15) is 17.8 Å². The van der Waals surface area contributed by atoms with Crippen molar-refractivity contribution in [2.45, 2.75) is 63.8 Å². The molecular formula is C17H24F3N5O. The Bertz CT molecular complexity index is 640. The second kappa shape index (κ2) is 7.28. The standard InChI is InChI=1S/C17H24F3N5O/c1-11(2)23-16(26)24-7-5-13(6-8-24)25(12-3-4-12)15-9-14(17(18,19)20)21-10-22-15/h9-13H,3-8H2,1-2H3,(H,23,26). The average Bonchev–Trinajstić information content (AvgIpc) is 3.39. The molecule has 2 fully saturated rings. The van der Waals surface area contributed by atoms with Crippen LogP contribution in [0.2, 0.25) is 0 Å². The number of urea groups is 1. The third-order valence-electron chi connectivity index (χ3n) is 4.71. The largest absolute Gasteiger partial charge is 0.433 e. The zero-order valence-corrected chi connectivity index (χ0v) is 15.0. The van der Waals surface area contributed by atoms with Gasteiger partial charge in [-0.15, -0.1) is 0 Å². The molecule has 0 radical (unpaired) electrons. The van der Waals surface area contributed by atoms with Gasteiger partial charge < -0.3 is 15.1 Å². The summed E-state index contributed by atoms with van der Waals surface area (Å²) in [7, 11) is 0. The third-order valence-corrected chi connectivity index (χ3v) is 4.71. The fraction of sp³-hybridized carbons (Fsp3) is 0.706. The average molecular weight is 371 g/mol. The smallest absolute Gasteiger partial charge is 0.350 e. The lowest BCUT2D eigenvalue weighted by molar-refractivity contribution is -0.141. The monoisotopic (exact) mass is 371 g/mol. The molecule has 1 aromatic heterocycles. The SMILES string of the molecule is CC(C)NC(=O)N1CCC(N(c2cc(C(F)(F)F)ncn2)C2CC2)CC1. The summed E-state index contributed by atoms with van der Waals surface area (Å²) in [4.78, 5) is 23.3. The van der Waals surface area contributed by atoms with Gasteiger partial charge in [0.15, 0.2) is 0 Å². The number of halogens is 3. The predicted molar refractivity (Wildman–Crippen MR) is 90.8 cm³/mol. The van der Waals surface area contributed by atoms with E-state index >= 15 is 0 Å². The van der Waals surface area contributed by atoms with E-state index in [1.807, 2.05) is 18.7 Å². The Balaban J connectivity index is 1.70. The van der Waals surface area contributed by atoms with Crippen molar-refractivity contribution in [2.75, 3.05) is 18.0 Å². The van der Waals surface area contributed by atoms with Crippen molar-refractivity contribution < 1.29 is 18.0 Å². The van der Waals surface area contributed by atoms with Crippen LogP contribution in [0.25, 0.3) is 0 Å². The molecule has 1 saturated heterocycles. The first-order valence-electron chi connectivity index (χ1n) is 8.98. The van der Waals surface area contributed by atoms with Gasteiger partial charge in [-0.05, 0) is 39.5 Å². The van der Waals surface area contributed by atoms with Gasteiger partial charge in [-0.3, -0.25) is 0 Å². The number of alkyl halides is 3. The molecule has 1 saturated carbocycles. The molecule has 144 valence electrons. The van der Waals surface area contributed by atoms with E-state index in [1.54, 1.807) is 4.90 Å². The maximum absolute atomic E-state index is 13.0. The van der Waals surface area contributed by atoms with Gasteiger partial charge in [-0.1, -0.05) is 0 Å². The molecule has 9 heteroatoms. The summed E-state index contributed by atoms with van der Waals surface area (Å²) in [5, 5.41) is 2.88. The Morgan fingerprint density at radius 3 is 2.35 bits per heavy atom. The summed E-state index contributed by atoms with van der Waals surface area (Å²) in [5.41, 5.74) is -0.915. The molecule has 0 bridgehead atoms. The lowest BCUT2D eigenvalue weighted by atomic mass is 10.0. The second-order valence-corrected chi connectivity index (χ2v) is 7.22. The van der Waals surface area contributed by atoms with Crippen LogP contribution in [-0.2, 0) is 6.18 Å². The van der Waals surface area contributed by atoms with E-state index in [1.165, 1.54) is 0 Å². The second-order valence-electron chi connectivity index (χ2n) is 7.22. The Kier molecular flexibility index (Phi) is 5.24. The van der Waals surface area contributed by atoms with Crippen molar-refractivity contribution in [1.82, 2.24) is 20.2 Å². The van der Waals surface area contributed by atoms with Gasteiger partial charge >= 0.3 is 12.2 Å². The van der Waals surface area contributed by atoms with Crippen LogP contribution < -0.4 is 10.2 Å². The molecule has 26 heavy (non-hydrogen) atoms. The topological polar surface area (TPSA) is 61.4 Å². The number of nitrogens with one attached hydrogen (secondary N) is 1. The normalized spacial score (nSPS) is 18.9. The molecule has 1 N–H and O–H groups in total. The van der Waals surface area contributed by atoms with E-state index < -0.39 is 11.9 Å². The van der Waals surface area contributed by atoms with Gasteiger partial charge in [0.2, 0.25) is 0 Å². The van der Waals surface area contributed by atoms with Crippen LogP contribution in [0.5, 0.6) is 0 Å². The van der Waals surface area contributed by atoms with Gasteiger partial charge in [0.05, 0.1) is 0 Å². The van der Waals surface area contributed by atoms with Gasteiger partial charge in [-0.25, -0.2) is 14.8 Å². The molecule has 0 spiro atoms. The molecule has 1 aliphatic carbocycles. The first-order chi connectivity index (χ1) is 12.3. The highest BCUT2D eigenvalue weighted by Crippen LogP contribution is 2.37. The molecule has 0 atom stereocenters. The number of piperidine rings is 1. The van der Waals surface area contributed by atoms with E-state index in [9.17, 15) is 18.0 Å². The Hall–Kier alpha value is -2.06. The number of hydrogen-bond donors (Lipinski definition) is 1. The van der Waals surface area contributed by atoms with Crippen molar-refractivity contribution in [1.29, 1.82) is 0 Å². The van der Waals surface area contributed by atoms with Crippen LogP contribution in [-0.4, -0.2) is 52.1 Å². The minimum absolute atomic E-state index is 0.0741. The minimum atomic E-state index is -4.48. The summed E-state index contributed by atoms with van der Waals surface area (Å²) < 4.78 is 38.9. The van der Waals surface area contributed by atoms with E-state index in [-0.39, 0.29) is 24.2 Å². The molecule has 0 aromatic carbocycles. The number of aromatic nitrogens is 2. The van der Waals surface area contributed by atoms with Gasteiger partial charge in [0.25, 0.3) is 0 Å². The summed E-state index contributed by atoms with van der Waals surface area (Å²) in [6, 6.07) is 1.34. The quantitative estimate of drug-likeness (QED) is 0.884. The van der Waals surface area contributed by atoms with Crippen LogP contribution in [0.3, 0.4) is 0 Å². The molecule has 2 aliphatic rings. The first-order valence-corrected chi connectivity index (χ1v) is 8.98. The van der Waals surface area contributed by atoms with E-state index in [2.05, 4.69) is 15.3 Å². The van der Waals surface area contributed by atoms with Crippen molar-refractivity contribution in [3.05, 3.63) is 18.1 Å². The molecule has 1 aromatic rings. The summed E-state index contributed by atoms with van der Waals surface area (Å²) in [6.07, 6.45) is -0.149. The number of likely N-dealkylation sites (tertiary alicyclic amines) is 1. The zero-order valence-electron chi connectivity index (χ0n) is 15.0. The number of anilines is 1. The molecule has 3 rings (SSSR count). The number of rotatable bonds is 4. The summed E-state index contributed by atoms with van der Waals surface area (Å²) in [5.74, 6) is 0.333. The van der Waals surface area contributed by atoms with E-state index in [4.69, 9.17) is 0 Å². The van der Waals surface area contributed by atoms with Crippen LogP contribution in [0.1, 0.15) is 45.2 Å². The van der Waals surface area contributed by atoms with Crippen LogP contribution >= 0.6 is 0 Å². The predicted octanol–water partition coefficient (Wildman–Crippen LogP) is 3.05. The third kappa shape index (κ3) is 4.37. The lowest BCUT2D eigenvalue weighted by Gasteiger charge is -2.39.